The van der Waals surface area contributed by atoms with Crippen LogP contribution in [0.1, 0.15) is 12.0 Å². The number of hydrogen-bond acceptors (Lipinski definition) is 4. The Morgan fingerprint density at radius 1 is 1.00 bits per heavy atom. The van der Waals surface area contributed by atoms with Crippen LogP contribution in [-0.2, 0) is 7.05 Å². The number of halogens is 1. The highest BCUT2D eigenvalue weighted by atomic mass is 79.9. The number of para-hydroxylation sites is 3. The summed E-state index contributed by atoms with van der Waals surface area (Å²) in [6.45, 7) is 0.938. The molecule has 2 aromatic heterocycles. The van der Waals surface area contributed by atoms with Gasteiger partial charge < -0.3 is 9.47 Å². The SMILES string of the molecule is Cn1c(Br)cnc1-c1cc(C=C2Sc3ccccc3N2CCCS)c2ccccc2[n+]1-c1ccccc1. The summed E-state index contributed by atoms with van der Waals surface area (Å²) in [5.41, 5.74) is 5.72. The number of thiol groups is 1. The molecule has 7 heteroatoms. The van der Waals surface area contributed by atoms with Crippen LogP contribution in [0.25, 0.3) is 34.2 Å². The van der Waals surface area contributed by atoms with Gasteiger partial charge in [0, 0.05) is 42.8 Å². The molecule has 0 aliphatic carbocycles. The van der Waals surface area contributed by atoms with Crippen LogP contribution in [0.5, 0.6) is 0 Å². The topological polar surface area (TPSA) is 24.9 Å². The van der Waals surface area contributed by atoms with Crippen LogP contribution in [0.3, 0.4) is 0 Å². The van der Waals surface area contributed by atoms with Gasteiger partial charge >= 0.3 is 0 Å². The molecular formula is C30H26BrN4S2+. The Hall–Kier alpha value is -3.00. The molecule has 0 unspecified atom stereocenters. The molecule has 184 valence electrons. The first kappa shape index (κ1) is 24.3. The predicted octanol–water partition coefficient (Wildman–Crippen LogP) is 7.51. The minimum Gasteiger partial charge on any atom is -0.335 e. The molecule has 0 fully saturated rings. The number of hydrogen-bond donors (Lipinski definition) is 1. The number of rotatable bonds is 6. The Morgan fingerprint density at radius 2 is 1.76 bits per heavy atom. The zero-order valence-corrected chi connectivity index (χ0v) is 23.7. The van der Waals surface area contributed by atoms with Crippen molar-refractivity contribution in [2.45, 2.75) is 11.3 Å². The zero-order valence-electron chi connectivity index (χ0n) is 20.4. The monoisotopic (exact) mass is 585 g/mol. The molecule has 0 amide bonds. The third-order valence-electron chi connectivity index (χ3n) is 6.62. The Bertz CT molecular complexity index is 1630. The van der Waals surface area contributed by atoms with Crippen LogP contribution >= 0.6 is 40.3 Å². The van der Waals surface area contributed by atoms with Crippen molar-refractivity contribution >= 4 is 63.0 Å². The van der Waals surface area contributed by atoms with E-state index >= 15 is 0 Å². The molecule has 0 radical (unpaired) electrons. The maximum absolute atomic E-state index is 4.79. The number of aromatic nitrogens is 3. The van der Waals surface area contributed by atoms with E-state index in [9.17, 15) is 0 Å². The van der Waals surface area contributed by atoms with Crippen LogP contribution < -0.4 is 9.47 Å². The minimum atomic E-state index is 0.861. The molecule has 0 saturated carbocycles. The van der Waals surface area contributed by atoms with Crippen molar-refractivity contribution in [1.29, 1.82) is 0 Å². The van der Waals surface area contributed by atoms with E-state index in [2.05, 4.69) is 134 Å². The summed E-state index contributed by atoms with van der Waals surface area (Å²) < 4.78 is 5.33. The molecule has 1 aliphatic rings. The predicted molar refractivity (Wildman–Crippen MR) is 161 cm³/mol. The second-order valence-corrected chi connectivity index (χ2v) is 11.2. The maximum atomic E-state index is 4.79. The Morgan fingerprint density at radius 3 is 2.54 bits per heavy atom. The lowest BCUT2D eigenvalue weighted by Crippen LogP contribution is -2.35. The normalized spacial score (nSPS) is 14.0. The van der Waals surface area contributed by atoms with Crippen LogP contribution in [0.15, 0.2) is 106 Å². The fourth-order valence-electron chi connectivity index (χ4n) is 4.85. The Kier molecular flexibility index (Phi) is 6.84. The molecule has 0 atom stereocenters. The average Bonchev–Trinajstić information content (AvgIpc) is 3.46. The van der Waals surface area contributed by atoms with E-state index in [0.29, 0.717) is 0 Å². The smallest absolute Gasteiger partial charge is 0.255 e. The summed E-state index contributed by atoms with van der Waals surface area (Å²) in [6.07, 6.45) is 5.22. The molecule has 3 heterocycles. The summed E-state index contributed by atoms with van der Waals surface area (Å²) in [6, 6.07) is 30.1. The van der Waals surface area contributed by atoms with Crippen molar-refractivity contribution in [1.82, 2.24) is 9.55 Å². The van der Waals surface area contributed by atoms with Gasteiger partial charge in [-0.1, -0.05) is 54.2 Å². The van der Waals surface area contributed by atoms with Crippen molar-refractivity contribution in [3.63, 3.8) is 0 Å². The maximum Gasteiger partial charge on any atom is 0.255 e. The van der Waals surface area contributed by atoms with Crippen LogP contribution in [0, 0.1) is 0 Å². The quantitative estimate of drug-likeness (QED) is 0.165. The molecule has 6 rings (SSSR count). The average molecular weight is 587 g/mol. The van der Waals surface area contributed by atoms with E-state index in [0.717, 1.165) is 46.0 Å². The van der Waals surface area contributed by atoms with E-state index in [1.165, 1.54) is 26.6 Å². The molecule has 0 spiro atoms. The first-order chi connectivity index (χ1) is 18.2. The molecule has 0 saturated heterocycles. The third-order valence-corrected chi connectivity index (χ3v) is 8.78. The van der Waals surface area contributed by atoms with E-state index < -0.39 is 0 Å². The van der Waals surface area contributed by atoms with Crippen molar-refractivity contribution in [3.05, 3.63) is 106 Å². The molecular weight excluding hydrogens is 560 g/mol. The van der Waals surface area contributed by atoms with Crippen molar-refractivity contribution in [2.24, 2.45) is 7.05 Å². The van der Waals surface area contributed by atoms with Crippen molar-refractivity contribution in [2.75, 3.05) is 17.2 Å². The summed E-state index contributed by atoms with van der Waals surface area (Å²) in [5.74, 6) is 1.76. The lowest BCUT2D eigenvalue weighted by molar-refractivity contribution is -0.555. The number of pyridine rings is 1. The highest BCUT2D eigenvalue weighted by molar-refractivity contribution is 9.10. The van der Waals surface area contributed by atoms with Gasteiger partial charge in [-0.15, -0.1) is 4.57 Å². The van der Waals surface area contributed by atoms with Gasteiger partial charge in [0.25, 0.3) is 5.69 Å². The molecule has 0 N–H and O–H groups in total. The highest BCUT2D eigenvalue weighted by Crippen LogP contribution is 2.47. The fraction of sp³-hybridized carbons (Fsp3) is 0.133. The van der Waals surface area contributed by atoms with Gasteiger partial charge in [0.15, 0.2) is 0 Å². The summed E-state index contributed by atoms with van der Waals surface area (Å²) in [5, 5.41) is 2.43. The molecule has 37 heavy (non-hydrogen) atoms. The van der Waals surface area contributed by atoms with Crippen molar-refractivity contribution in [3.8, 4) is 17.2 Å². The van der Waals surface area contributed by atoms with Gasteiger partial charge in [-0.2, -0.15) is 12.6 Å². The summed E-state index contributed by atoms with van der Waals surface area (Å²) >= 11 is 9.96. The first-order valence-corrected chi connectivity index (χ1v) is 14.5. The number of fused-ring (bicyclic) bond motifs is 2. The first-order valence-electron chi connectivity index (χ1n) is 12.2. The van der Waals surface area contributed by atoms with Gasteiger partial charge in [0.2, 0.25) is 17.0 Å². The summed E-state index contributed by atoms with van der Waals surface area (Å²) in [7, 11) is 2.04. The summed E-state index contributed by atoms with van der Waals surface area (Å²) in [4.78, 5) is 8.51. The van der Waals surface area contributed by atoms with Crippen LogP contribution in [-0.4, -0.2) is 21.8 Å². The van der Waals surface area contributed by atoms with Gasteiger partial charge in [0.05, 0.1) is 22.3 Å². The Balaban J connectivity index is 1.61. The number of imidazole rings is 1. The van der Waals surface area contributed by atoms with E-state index in [-0.39, 0.29) is 0 Å². The molecule has 5 aromatic rings. The Labute approximate surface area is 235 Å². The minimum absolute atomic E-state index is 0.861. The van der Waals surface area contributed by atoms with E-state index in [1.807, 2.05) is 25.0 Å². The van der Waals surface area contributed by atoms with Crippen molar-refractivity contribution < 1.29 is 4.57 Å². The molecule has 0 bridgehead atoms. The lowest BCUT2D eigenvalue weighted by Gasteiger charge is -2.20. The highest BCUT2D eigenvalue weighted by Gasteiger charge is 2.28. The van der Waals surface area contributed by atoms with Crippen LogP contribution in [0.2, 0.25) is 0 Å². The lowest BCUT2D eigenvalue weighted by atomic mass is 10.1. The number of benzene rings is 3. The standard InChI is InChI=1S/C30H25BrN4S2/c1-33-28(31)20-32-30(33)26-18-21(19-29-34(16-9-17-36)25-14-7-8-15-27(25)37-29)23-12-5-6-13-24(23)35(26)22-10-3-2-4-11-22/h2-8,10-15,18-20H,9,16-17H2,1H3/p+1. The van der Waals surface area contributed by atoms with Gasteiger partial charge in [-0.25, -0.2) is 4.98 Å². The van der Waals surface area contributed by atoms with Gasteiger partial charge in [0.1, 0.15) is 4.60 Å². The third kappa shape index (κ3) is 4.49. The van der Waals surface area contributed by atoms with Gasteiger partial charge in [-0.05, 0) is 57.9 Å². The van der Waals surface area contributed by atoms with E-state index in [1.54, 1.807) is 0 Å². The van der Waals surface area contributed by atoms with E-state index in [4.69, 9.17) is 4.98 Å². The molecule has 1 aliphatic heterocycles. The zero-order chi connectivity index (χ0) is 25.4. The molecule has 3 aromatic carbocycles. The number of thioether (sulfide) groups is 1. The fourth-order valence-corrected chi connectivity index (χ4v) is 6.40. The second kappa shape index (κ2) is 10.4. The molecule has 4 nitrogen and oxygen atoms in total. The number of anilines is 1. The van der Waals surface area contributed by atoms with Gasteiger partial charge in [-0.3, -0.25) is 0 Å². The largest absolute Gasteiger partial charge is 0.335 e. The van der Waals surface area contributed by atoms with Crippen LogP contribution in [0.4, 0.5) is 5.69 Å². The second-order valence-electron chi connectivity index (χ2n) is 8.92. The number of nitrogens with zero attached hydrogens (tertiary/aromatic N) is 4.